The van der Waals surface area contributed by atoms with Gasteiger partial charge in [-0.1, -0.05) is 6.42 Å². The zero-order valence-corrected chi connectivity index (χ0v) is 18.2. The predicted molar refractivity (Wildman–Crippen MR) is 115 cm³/mol. The van der Waals surface area contributed by atoms with Crippen molar-refractivity contribution in [1.82, 2.24) is 10.2 Å². The predicted octanol–water partition coefficient (Wildman–Crippen LogP) is 1.17. The number of anilines is 2. The Morgan fingerprint density at radius 1 is 1.03 bits per heavy atom. The minimum absolute atomic E-state index is 0.103. The molecular weight excluding hydrogens is 408 g/mol. The fraction of sp³-hybridized carbons (Fsp3) is 0.600. The molecule has 2 aliphatic heterocycles. The number of sulfonamides is 1. The van der Waals surface area contributed by atoms with E-state index in [0.717, 1.165) is 26.1 Å². The van der Waals surface area contributed by atoms with E-state index in [1.807, 2.05) is 0 Å². The molecule has 0 aliphatic carbocycles. The van der Waals surface area contributed by atoms with Gasteiger partial charge in [-0.25, -0.2) is 8.42 Å². The first-order chi connectivity index (χ1) is 14.4. The number of nitrogens with one attached hydrogen (secondary N) is 2. The van der Waals surface area contributed by atoms with Crippen LogP contribution in [0.5, 0.6) is 5.75 Å². The Morgan fingerprint density at radius 2 is 1.77 bits per heavy atom. The molecule has 2 N–H and O–H groups in total. The molecule has 3 rings (SSSR count). The maximum Gasteiger partial charge on any atom is 0.313 e. The van der Waals surface area contributed by atoms with Crippen molar-refractivity contribution in [3.8, 4) is 5.75 Å². The molecule has 2 fully saturated rings. The summed E-state index contributed by atoms with van der Waals surface area (Å²) < 4.78 is 31.4. The first-order valence-corrected chi connectivity index (χ1v) is 12.0. The van der Waals surface area contributed by atoms with Crippen LogP contribution in [0.4, 0.5) is 11.4 Å². The quantitative estimate of drug-likeness (QED) is 0.646. The van der Waals surface area contributed by atoms with Crippen LogP contribution >= 0.6 is 0 Å². The van der Waals surface area contributed by atoms with Gasteiger partial charge in [0.1, 0.15) is 5.75 Å². The molecule has 9 nitrogen and oxygen atoms in total. The molecule has 0 spiro atoms. The van der Waals surface area contributed by atoms with Crippen LogP contribution in [-0.2, 0) is 19.6 Å². The Labute approximate surface area is 177 Å². The fourth-order valence-electron chi connectivity index (χ4n) is 3.80. The standard InChI is InChI=1S/C20H30N4O5S/c1-29-18-15-16(7-8-17(18)24-12-5-6-14-30(24,27)28)22-20(26)19(25)21-9-13-23-10-3-2-4-11-23/h7-8,15H,2-6,9-14H2,1H3,(H,21,25)(H,22,26). The molecule has 1 aromatic rings. The Balaban J connectivity index is 1.57. The number of piperidine rings is 1. The highest BCUT2D eigenvalue weighted by Gasteiger charge is 2.28. The van der Waals surface area contributed by atoms with Crippen molar-refractivity contribution in [2.75, 3.05) is 55.2 Å². The lowest BCUT2D eigenvalue weighted by atomic mass is 10.1. The molecule has 0 atom stereocenters. The highest BCUT2D eigenvalue weighted by molar-refractivity contribution is 7.92. The molecule has 2 aliphatic rings. The van der Waals surface area contributed by atoms with E-state index in [4.69, 9.17) is 4.74 Å². The van der Waals surface area contributed by atoms with Gasteiger partial charge in [-0.3, -0.25) is 13.9 Å². The van der Waals surface area contributed by atoms with E-state index >= 15 is 0 Å². The van der Waals surface area contributed by atoms with E-state index in [9.17, 15) is 18.0 Å². The minimum Gasteiger partial charge on any atom is -0.494 e. The molecule has 2 amide bonds. The maximum atomic E-state index is 12.4. The van der Waals surface area contributed by atoms with Crippen molar-refractivity contribution in [1.29, 1.82) is 0 Å². The molecule has 30 heavy (non-hydrogen) atoms. The van der Waals surface area contributed by atoms with Gasteiger partial charge in [-0.2, -0.15) is 0 Å². The molecule has 1 aromatic carbocycles. The van der Waals surface area contributed by atoms with Gasteiger partial charge < -0.3 is 20.3 Å². The van der Waals surface area contributed by atoms with Crippen LogP contribution in [0.25, 0.3) is 0 Å². The number of nitrogens with zero attached hydrogens (tertiary/aromatic N) is 2. The lowest BCUT2D eigenvalue weighted by Gasteiger charge is -2.29. The van der Waals surface area contributed by atoms with Gasteiger partial charge in [0.25, 0.3) is 0 Å². The van der Waals surface area contributed by atoms with Crippen LogP contribution in [0, 0.1) is 0 Å². The van der Waals surface area contributed by atoms with Crippen LogP contribution in [-0.4, -0.2) is 70.7 Å². The molecular formula is C20H30N4O5S. The molecule has 0 bridgehead atoms. The minimum atomic E-state index is -3.38. The van der Waals surface area contributed by atoms with E-state index in [2.05, 4.69) is 15.5 Å². The van der Waals surface area contributed by atoms with Crippen molar-refractivity contribution in [3.63, 3.8) is 0 Å². The molecule has 0 aromatic heterocycles. The zero-order valence-electron chi connectivity index (χ0n) is 17.4. The summed E-state index contributed by atoms with van der Waals surface area (Å²) in [6.45, 7) is 3.60. The number of carbonyl (C=O) groups excluding carboxylic acids is 2. The van der Waals surface area contributed by atoms with Crippen LogP contribution in [0.1, 0.15) is 32.1 Å². The Kier molecular flexibility index (Phi) is 7.54. The fourth-order valence-corrected chi connectivity index (χ4v) is 5.45. The van der Waals surface area contributed by atoms with Crippen molar-refractivity contribution < 1.29 is 22.7 Å². The topological polar surface area (TPSA) is 108 Å². The van der Waals surface area contributed by atoms with Crippen molar-refractivity contribution >= 4 is 33.2 Å². The van der Waals surface area contributed by atoms with Crippen molar-refractivity contribution in [2.45, 2.75) is 32.1 Å². The van der Waals surface area contributed by atoms with Crippen LogP contribution in [0.2, 0.25) is 0 Å². The number of hydrogen-bond acceptors (Lipinski definition) is 6. The monoisotopic (exact) mass is 438 g/mol. The van der Waals surface area contributed by atoms with Gasteiger partial charge in [0.05, 0.1) is 18.6 Å². The van der Waals surface area contributed by atoms with Gasteiger partial charge >= 0.3 is 11.8 Å². The van der Waals surface area contributed by atoms with Gasteiger partial charge in [-0.15, -0.1) is 0 Å². The number of likely N-dealkylation sites (tertiary alicyclic amines) is 1. The normalized spacial score (nSPS) is 19.2. The van der Waals surface area contributed by atoms with E-state index in [1.165, 1.54) is 36.7 Å². The lowest BCUT2D eigenvalue weighted by molar-refractivity contribution is -0.136. The number of benzene rings is 1. The van der Waals surface area contributed by atoms with Crippen LogP contribution in [0.15, 0.2) is 18.2 Å². The van der Waals surface area contributed by atoms with Crippen LogP contribution < -0.4 is 19.7 Å². The first kappa shape index (κ1) is 22.4. The average Bonchev–Trinajstić information content (AvgIpc) is 2.74. The van der Waals surface area contributed by atoms with Crippen molar-refractivity contribution in [3.05, 3.63) is 18.2 Å². The van der Waals surface area contributed by atoms with Gasteiger partial charge in [-0.05, 0) is 50.9 Å². The number of hydrogen-bond donors (Lipinski definition) is 2. The Morgan fingerprint density at radius 3 is 2.47 bits per heavy atom. The Hall–Kier alpha value is -2.33. The third-order valence-electron chi connectivity index (χ3n) is 5.42. The molecule has 166 valence electrons. The van der Waals surface area contributed by atoms with E-state index in [0.29, 0.717) is 36.6 Å². The maximum absolute atomic E-state index is 12.4. The second kappa shape index (κ2) is 10.1. The summed E-state index contributed by atoms with van der Waals surface area (Å²) in [4.78, 5) is 26.6. The molecule has 10 heteroatoms. The zero-order chi connectivity index (χ0) is 21.6. The average molecular weight is 439 g/mol. The summed E-state index contributed by atoms with van der Waals surface area (Å²) in [5.74, 6) is -1.04. The van der Waals surface area contributed by atoms with E-state index < -0.39 is 21.8 Å². The lowest BCUT2D eigenvalue weighted by Crippen LogP contribution is -2.41. The van der Waals surface area contributed by atoms with E-state index in [-0.39, 0.29) is 5.75 Å². The number of carbonyl (C=O) groups is 2. The largest absolute Gasteiger partial charge is 0.494 e. The summed E-state index contributed by atoms with van der Waals surface area (Å²) in [5.41, 5.74) is 0.794. The molecule has 0 radical (unpaired) electrons. The molecule has 0 saturated carbocycles. The summed E-state index contributed by atoms with van der Waals surface area (Å²) in [5, 5.41) is 5.18. The SMILES string of the molecule is COc1cc(NC(=O)C(=O)NCCN2CCCCC2)ccc1N1CCCCS1(=O)=O. The number of rotatable bonds is 6. The van der Waals surface area contributed by atoms with E-state index in [1.54, 1.807) is 12.1 Å². The molecule has 2 heterocycles. The van der Waals surface area contributed by atoms with Gasteiger partial charge in [0.15, 0.2) is 0 Å². The molecule has 0 unspecified atom stereocenters. The van der Waals surface area contributed by atoms with Gasteiger partial charge in [0, 0.05) is 31.4 Å². The second-order valence-corrected chi connectivity index (χ2v) is 9.61. The molecule has 2 saturated heterocycles. The second-order valence-electron chi connectivity index (χ2n) is 7.59. The summed E-state index contributed by atoms with van der Waals surface area (Å²) in [7, 11) is -1.94. The number of methoxy groups -OCH3 is 1. The number of amides is 2. The van der Waals surface area contributed by atoms with Crippen molar-refractivity contribution in [2.24, 2.45) is 0 Å². The summed E-state index contributed by atoms with van der Waals surface area (Å²) in [6, 6.07) is 4.69. The first-order valence-electron chi connectivity index (χ1n) is 10.4. The van der Waals surface area contributed by atoms with Gasteiger partial charge in [0.2, 0.25) is 10.0 Å². The highest BCUT2D eigenvalue weighted by atomic mass is 32.2. The summed E-state index contributed by atoms with van der Waals surface area (Å²) in [6.07, 6.45) is 5.01. The third-order valence-corrected chi connectivity index (χ3v) is 7.28. The highest BCUT2D eigenvalue weighted by Crippen LogP contribution is 2.34. The Bertz CT molecular complexity index is 868. The summed E-state index contributed by atoms with van der Waals surface area (Å²) >= 11 is 0. The number of ether oxygens (including phenoxy) is 1. The van der Waals surface area contributed by atoms with Crippen LogP contribution in [0.3, 0.4) is 0 Å². The smallest absolute Gasteiger partial charge is 0.313 e. The third kappa shape index (κ3) is 5.63.